The van der Waals surface area contributed by atoms with E-state index in [1.165, 1.54) is 12.1 Å². The Kier molecular flexibility index (Phi) is 3.01. The molecule has 0 heterocycles. The Hall–Kier alpha value is -0.930. The lowest BCUT2D eigenvalue weighted by Gasteiger charge is -1.98. The monoisotopic (exact) mass is 155 g/mol. The predicted molar refractivity (Wildman–Crippen MR) is 39.9 cm³/mol. The van der Waals surface area contributed by atoms with E-state index in [0.717, 1.165) is 5.56 Å². The molecule has 3 heteroatoms. The Labute approximate surface area is 64.6 Å². The van der Waals surface area contributed by atoms with E-state index in [-0.39, 0.29) is 5.82 Å². The van der Waals surface area contributed by atoms with Crippen LogP contribution in [0, 0.1) is 5.82 Å². The van der Waals surface area contributed by atoms with Crippen LogP contribution >= 0.6 is 0 Å². The third kappa shape index (κ3) is 2.65. The van der Waals surface area contributed by atoms with Crippen molar-refractivity contribution in [1.82, 2.24) is 5.48 Å². The van der Waals surface area contributed by atoms with E-state index in [2.05, 4.69) is 0 Å². The van der Waals surface area contributed by atoms with Crippen LogP contribution in [-0.4, -0.2) is 11.8 Å². The van der Waals surface area contributed by atoms with Gasteiger partial charge in [0.2, 0.25) is 0 Å². The average Bonchev–Trinajstić information content (AvgIpc) is 2.04. The Morgan fingerprint density at radius 2 is 1.91 bits per heavy atom. The zero-order valence-corrected chi connectivity index (χ0v) is 6.05. The topological polar surface area (TPSA) is 32.3 Å². The van der Waals surface area contributed by atoms with Gasteiger partial charge in [0.05, 0.1) is 0 Å². The zero-order valence-electron chi connectivity index (χ0n) is 6.05. The van der Waals surface area contributed by atoms with Crippen LogP contribution in [0.1, 0.15) is 5.56 Å². The van der Waals surface area contributed by atoms with Crippen molar-refractivity contribution in [3.05, 3.63) is 35.6 Å². The standard InChI is InChI=1S/C8H10FNO/c9-8-3-1-7(2-4-8)5-6-10-11/h1-4,10-11H,5-6H2. The van der Waals surface area contributed by atoms with Crippen LogP contribution in [0.5, 0.6) is 0 Å². The Balaban J connectivity index is 2.52. The van der Waals surface area contributed by atoms with Gasteiger partial charge in [-0.15, -0.1) is 0 Å². The lowest BCUT2D eigenvalue weighted by atomic mass is 10.1. The molecule has 0 saturated carbocycles. The van der Waals surface area contributed by atoms with Crippen molar-refractivity contribution in [2.24, 2.45) is 0 Å². The maximum Gasteiger partial charge on any atom is 0.123 e. The molecule has 1 aromatic rings. The van der Waals surface area contributed by atoms with E-state index in [1.54, 1.807) is 12.1 Å². The molecular formula is C8H10FNO. The molecule has 0 fully saturated rings. The van der Waals surface area contributed by atoms with Crippen molar-refractivity contribution in [2.45, 2.75) is 6.42 Å². The summed E-state index contributed by atoms with van der Waals surface area (Å²) in [7, 11) is 0. The summed E-state index contributed by atoms with van der Waals surface area (Å²) in [6.07, 6.45) is 0.705. The van der Waals surface area contributed by atoms with Crippen LogP contribution in [0.25, 0.3) is 0 Å². The average molecular weight is 155 g/mol. The van der Waals surface area contributed by atoms with Gasteiger partial charge < -0.3 is 5.21 Å². The molecule has 0 aliphatic rings. The van der Waals surface area contributed by atoms with Gasteiger partial charge in [-0.25, -0.2) is 9.87 Å². The fraction of sp³-hybridized carbons (Fsp3) is 0.250. The normalized spacial score (nSPS) is 10.0. The molecule has 0 amide bonds. The Morgan fingerprint density at radius 3 is 2.45 bits per heavy atom. The van der Waals surface area contributed by atoms with Gasteiger partial charge in [0.25, 0.3) is 0 Å². The third-order valence-corrected chi connectivity index (χ3v) is 1.44. The van der Waals surface area contributed by atoms with Crippen LogP contribution in [0.3, 0.4) is 0 Å². The number of hydrogen-bond donors (Lipinski definition) is 2. The minimum absolute atomic E-state index is 0.231. The predicted octanol–water partition coefficient (Wildman–Crippen LogP) is 1.35. The molecule has 11 heavy (non-hydrogen) atoms. The van der Waals surface area contributed by atoms with Gasteiger partial charge in [-0.1, -0.05) is 12.1 Å². The number of halogens is 1. The largest absolute Gasteiger partial charge is 0.317 e. The summed E-state index contributed by atoms with van der Waals surface area (Å²) < 4.78 is 12.3. The van der Waals surface area contributed by atoms with Crippen molar-refractivity contribution in [1.29, 1.82) is 0 Å². The van der Waals surface area contributed by atoms with Crippen LogP contribution in [0.15, 0.2) is 24.3 Å². The third-order valence-electron chi connectivity index (χ3n) is 1.44. The molecule has 0 saturated heterocycles. The molecule has 2 N–H and O–H groups in total. The summed E-state index contributed by atoms with van der Waals surface area (Å²) in [5.74, 6) is -0.231. The zero-order chi connectivity index (χ0) is 8.10. The quantitative estimate of drug-likeness (QED) is 0.646. The minimum atomic E-state index is -0.231. The van der Waals surface area contributed by atoms with Crippen LogP contribution in [-0.2, 0) is 6.42 Å². The van der Waals surface area contributed by atoms with E-state index >= 15 is 0 Å². The molecule has 0 aliphatic heterocycles. The van der Waals surface area contributed by atoms with Crippen molar-refractivity contribution in [3.63, 3.8) is 0 Å². The molecule has 60 valence electrons. The maximum absolute atomic E-state index is 12.3. The number of nitrogens with one attached hydrogen (secondary N) is 1. The summed E-state index contributed by atoms with van der Waals surface area (Å²) >= 11 is 0. The highest BCUT2D eigenvalue weighted by molar-refractivity contribution is 5.16. The highest BCUT2D eigenvalue weighted by Crippen LogP contribution is 2.02. The molecule has 1 aromatic carbocycles. The lowest BCUT2D eigenvalue weighted by Crippen LogP contribution is -2.10. The van der Waals surface area contributed by atoms with Gasteiger partial charge in [-0.2, -0.15) is 0 Å². The molecule has 0 atom stereocenters. The number of hydroxylamine groups is 1. The molecule has 0 bridgehead atoms. The second-order valence-electron chi connectivity index (χ2n) is 2.28. The van der Waals surface area contributed by atoms with Crippen LogP contribution in [0.2, 0.25) is 0 Å². The van der Waals surface area contributed by atoms with Gasteiger partial charge in [0, 0.05) is 6.54 Å². The van der Waals surface area contributed by atoms with Gasteiger partial charge in [0.15, 0.2) is 0 Å². The maximum atomic E-state index is 12.3. The van der Waals surface area contributed by atoms with E-state index in [0.29, 0.717) is 13.0 Å². The first-order chi connectivity index (χ1) is 5.33. The molecule has 1 rings (SSSR count). The summed E-state index contributed by atoms with van der Waals surface area (Å²) in [5, 5.41) is 8.26. The SMILES string of the molecule is ONCCc1ccc(F)cc1. The van der Waals surface area contributed by atoms with Crippen LogP contribution < -0.4 is 5.48 Å². The summed E-state index contributed by atoms with van der Waals surface area (Å²) in [5.41, 5.74) is 3.04. The smallest absolute Gasteiger partial charge is 0.123 e. The molecule has 0 radical (unpaired) electrons. The van der Waals surface area contributed by atoms with Crippen molar-refractivity contribution >= 4 is 0 Å². The first kappa shape index (κ1) is 8.17. The Bertz CT molecular complexity index is 210. The minimum Gasteiger partial charge on any atom is -0.317 e. The summed E-state index contributed by atoms with van der Waals surface area (Å²) in [6.45, 7) is 0.492. The van der Waals surface area contributed by atoms with Gasteiger partial charge >= 0.3 is 0 Å². The first-order valence-electron chi connectivity index (χ1n) is 3.44. The molecule has 0 spiro atoms. The second kappa shape index (κ2) is 4.05. The van der Waals surface area contributed by atoms with Crippen molar-refractivity contribution < 1.29 is 9.60 Å². The van der Waals surface area contributed by atoms with Crippen molar-refractivity contribution in [2.75, 3.05) is 6.54 Å². The molecule has 2 nitrogen and oxygen atoms in total. The Morgan fingerprint density at radius 1 is 1.27 bits per heavy atom. The molecular weight excluding hydrogens is 145 g/mol. The van der Waals surface area contributed by atoms with E-state index in [4.69, 9.17) is 5.21 Å². The second-order valence-corrected chi connectivity index (χ2v) is 2.28. The van der Waals surface area contributed by atoms with Gasteiger partial charge in [-0.05, 0) is 24.1 Å². The number of hydrogen-bond acceptors (Lipinski definition) is 2. The number of rotatable bonds is 3. The fourth-order valence-electron chi connectivity index (χ4n) is 0.851. The van der Waals surface area contributed by atoms with Crippen molar-refractivity contribution in [3.8, 4) is 0 Å². The fourth-order valence-corrected chi connectivity index (χ4v) is 0.851. The highest BCUT2D eigenvalue weighted by atomic mass is 19.1. The van der Waals surface area contributed by atoms with E-state index in [1.807, 2.05) is 5.48 Å². The van der Waals surface area contributed by atoms with Gasteiger partial charge in [0.1, 0.15) is 5.82 Å². The lowest BCUT2D eigenvalue weighted by molar-refractivity contribution is 0.168. The summed E-state index contributed by atoms with van der Waals surface area (Å²) in [4.78, 5) is 0. The summed E-state index contributed by atoms with van der Waals surface area (Å²) in [6, 6.07) is 6.22. The van der Waals surface area contributed by atoms with E-state index < -0.39 is 0 Å². The molecule has 0 aliphatic carbocycles. The number of benzene rings is 1. The van der Waals surface area contributed by atoms with E-state index in [9.17, 15) is 4.39 Å². The van der Waals surface area contributed by atoms with Crippen LogP contribution in [0.4, 0.5) is 4.39 Å². The first-order valence-corrected chi connectivity index (χ1v) is 3.44. The molecule has 0 aromatic heterocycles. The van der Waals surface area contributed by atoms with Gasteiger partial charge in [-0.3, -0.25) is 0 Å². The highest BCUT2D eigenvalue weighted by Gasteiger charge is 1.91. The molecule has 0 unspecified atom stereocenters.